The van der Waals surface area contributed by atoms with Gasteiger partial charge in [0, 0.05) is 26.2 Å². The number of piperazine rings is 1. The topological polar surface area (TPSA) is 15.7 Å². The van der Waals surface area contributed by atoms with Crippen LogP contribution in [0.25, 0.3) is 0 Å². The maximum absolute atomic E-state index is 13.0. The summed E-state index contributed by atoms with van der Waals surface area (Å²) < 4.78 is 19.1. The van der Waals surface area contributed by atoms with Gasteiger partial charge < -0.3 is 9.64 Å². The van der Waals surface area contributed by atoms with Gasteiger partial charge in [-0.1, -0.05) is 77.0 Å². The number of benzene rings is 1. The number of hydrogen-bond donors (Lipinski definition) is 0. The first-order valence-electron chi connectivity index (χ1n) is 11.7. The van der Waals surface area contributed by atoms with Crippen LogP contribution >= 0.6 is 0 Å². The third-order valence-electron chi connectivity index (χ3n) is 5.89. The minimum absolute atomic E-state index is 0.114. The minimum Gasteiger partial charge on any atom is -0.493 e. The lowest BCUT2D eigenvalue weighted by atomic mass is 9.85. The summed E-state index contributed by atoms with van der Waals surface area (Å²) in [5, 5.41) is 0.936. The summed E-state index contributed by atoms with van der Waals surface area (Å²) in [6, 6.07) is 6.54. The zero-order valence-electron chi connectivity index (χ0n) is 19.3. The summed E-state index contributed by atoms with van der Waals surface area (Å²) in [4.78, 5) is 2.40. The van der Waals surface area contributed by atoms with Crippen LogP contribution in [0.2, 0.25) is 0 Å². The molecule has 166 valence electrons. The molecule has 29 heavy (non-hydrogen) atoms. The fourth-order valence-corrected chi connectivity index (χ4v) is 3.98. The first-order chi connectivity index (χ1) is 13.9. The second kappa shape index (κ2) is 12.5. The summed E-state index contributed by atoms with van der Waals surface area (Å²) in [6.07, 6.45) is 10.3. The standard InChI is InChI=1S/C25H43FN2O/c1-22-13-14-24(23(21-22)25(2,3)4)29-20-12-10-8-6-5-7-9-11-15-27-16-18-28(26)19-17-27/h13-14,21H,5-12,15-20H2,1-4H3. The van der Waals surface area contributed by atoms with Crippen molar-refractivity contribution in [3.05, 3.63) is 29.3 Å². The normalized spacial score (nSPS) is 16.3. The van der Waals surface area contributed by atoms with E-state index in [1.54, 1.807) is 0 Å². The molecule has 1 aromatic carbocycles. The van der Waals surface area contributed by atoms with Crippen molar-refractivity contribution in [2.24, 2.45) is 0 Å². The third kappa shape index (κ3) is 9.48. The summed E-state index contributed by atoms with van der Waals surface area (Å²) >= 11 is 0. The van der Waals surface area contributed by atoms with Gasteiger partial charge in [-0.15, -0.1) is 9.60 Å². The zero-order valence-corrected chi connectivity index (χ0v) is 19.3. The molecule has 4 heteroatoms. The van der Waals surface area contributed by atoms with Gasteiger partial charge in [0.1, 0.15) is 5.75 Å². The molecule has 0 bridgehead atoms. The fraction of sp³-hybridized carbons (Fsp3) is 0.760. The Morgan fingerprint density at radius 1 is 0.862 bits per heavy atom. The monoisotopic (exact) mass is 406 g/mol. The van der Waals surface area contributed by atoms with Gasteiger partial charge in [0.05, 0.1) is 6.61 Å². The molecule has 2 rings (SSSR count). The summed E-state index contributed by atoms with van der Waals surface area (Å²) in [7, 11) is 0. The summed E-state index contributed by atoms with van der Waals surface area (Å²) in [6.45, 7) is 13.8. The van der Waals surface area contributed by atoms with Gasteiger partial charge in [0.15, 0.2) is 0 Å². The molecule has 1 saturated heterocycles. The van der Waals surface area contributed by atoms with Crippen molar-refractivity contribution in [3.63, 3.8) is 0 Å². The molecule has 1 heterocycles. The van der Waals surface area contributed by atoms with Crippen molar-refractivity contribution in [2.75, 3.05) is 39.3 Å². The lowest BCUT2D eigenvalue weighted by Gasteiger charge is -2.29. The number of ether oxygens (including phenoxy) is 1. The number of unbranched alkanes of at least 4 members (excludes halogenated alkanes) is 7. The van der Waals surface area contributed by atoms with E-state index in [4.69, 9.17) is 4.74 Å². The van der Waals surface area contributed by atoms with Gasteiger partial charge in [0.25, 0.3) is 0 Å². The highest BCUT2D eigenvalue weighted by atomic mass is 19.2. The fourth-order valence-electron chi connectivity index (χ4n) is 3.98. The maximum Gasteiger partial charge on any atom is 0.123 e. The van der Waals surface area contributed by atoms with Crippen molar-refractivity contribution in [1.82, 2.24) is 10.0 Å². The first-order valence-corrected chi connectivity index (χ1v) is 11.7. The number of hydrogen-bond acceptors (Lipinski definition) is 3. The molecule has 1 aliphatic rings. The Kier molecular flexibility index (Phi) is 10.4. The predicted molar refractivity (Wildman–Crippen MR) is 121 cm³/mol. The Hall–Kier alpha value is -1.13. The lowest BCUT2D eigenvalue weighted by Crippen LogP contribution is -2.43. The summed E-state index contributed by atoms with van der Waals surface area (Å²) in [5.41, 5.74) is 2.72. The average Bonchev–Trinajstić information content (AvgIpc) is 2.67. The Balaban J connectivity index is 1.46. The molecule has 0 amide bonds. The van der Waals surface area contributed by atoms with Gasteiger partial charge in [-0.25, -0.2) is 0 Å². The second-order valence-corrected chi connectivity index (χ2v) is 9.68. The van der Waals surface area contributed by atoms with Crippen LogP contribution in [-0.2, 0) is 5.41 Å². The quantitative estimate of drug-likeness (QED) is 0.299. The van der Waals surface area contributed by atoms with E-state index in [2.05, 4.69) is 50.8 Å². The number of rotatable bonds is 12. The van der Waals surface area contributed by atoms with E-state index in [0.29, 0.717) is 13.1 Å². The third-order valence-corrected chi connectivity index (χ3v) is 5.89. The number of aryl methyl sites for hydroxylation is 1. The Bertz CT molecular complexity index is 577. The van der Waals surface area contributed by atoms with E-state index >= 15 is 0 Å². The zero-order chi connectivity index (χ0) is 21.1. The largest absolute Gasteiger partial charge is 0.493 e. The molecule has 0 unspecified atom stereocenters. The van der Waals surface area contributed by atoms with E-state index in [1.807, 2.05) is 0 Å². The second-order valence-electron chi connectivity index (χ2n) is 9.68. The van der Waals surface area contributed by atoms with Crippen molar-refractivity contribution in [3.8, 4) is 5.75 Å². The van der Waals surface area contributed by atoms with Gasteiger partial charge in [-0.2, -0.15) is 0 Å². The molecule has 1 fully saturated rings. The van der Waals surface area contributed by atoms with Crippen LogP contribution in [0.3, 0.4) is 0 Å². The van der Waals surface area contributed by atoms with E-state index in [9.17, 15) is 4.48 Å². The van der Waals surface area contributed by atoms with E-state index < -0.39 is 0 Å². The van der Waals surface area contributed by atoms with Crippen LogP contribution in [-0.4, -0.2) is 49.4 Å². The van der Waals surface area contributed by atoms with Crippen molar-refractivity contribution >= 4 is 0 Å². The molecule has 0 radical (unpaired) electrons. The van der Waals surface area contributed by atoms with E-state index in [1.165, 1.54) is 56.1 Å². The van der Waals surface area contributed by atoms with Crippen molar-refractivity contribution < 1.29 is 9.22 Å². The van der Waals surface area contributed by atoms with Gasteiger partial charge in [-0.3, -0.25) is 0 Å². The highest BCUT2D eigenvalue weighted by molar-refractivity contribution is 5.41. The predicted octanol–water partition coefficient (Wildman–Crippen LogP) is 6.29. The Labute approximate surface area is 178 Å². The molecule has 0 aliphatic carbocycles. The molecule has 0 atom stereocenters. The molecule has 0 saturated carbocycles. The number of halogens is 1. The van der Waals surface area contributed by atoms with Crippen LogP contribution in [0, 0.1) is 6.92 Å². The van der Waals surface area contributed by atoms with Crippen LogP contribution in [0.5, 0.6) is 5.75 Å². The molecule has 3 nitrogen and oxygen atoms in total. The smallest absolute Gasteiger partial charge is 0.123 e. The number of nitrogens with zero attached hydrogens (tertiary/aromatic N) is 2. The van der Waals surface area contributed by atoms with Crippen LogP contribution in [0.4, 0.5) is 4.48 Å². The van der Waals surface area contributed by atoms with Crippen LogP contribution < -0.4 is 4.74 Å². The average molecular weight is 407 g/mol. The van der Waals surface area contributed by atoms with E-state index in [-0.39, 0.29) is 5.41 Å². The molecular formula is C25H43FN2O. The summed E-state index contributed by atoms with van der Waals surface area (Å²) in [5.74, 6) is 1.05. The van der Waals surface area contributed by atoms with Crippen LogP contribution in [0.15, 0.2) is 18.2 Å². The molecule has 1 aromatic rings. The SMILES string of the molecule is Cc1ccc(OCCCCCCCCCCN2CCN(F)CC2)c(C(C)(C)C)c1. The minimum atomic E-state index is 0.114. The highest BCUT2D eigenvalue weighted by Crippen LogP contribution is 2.32. The molecule has 0 spiro atoms. The van der Waals surface area contributed by atoms with Gasteiger partial charge in [-0.05, 0) is 43.4 Å². The Morgan fingerprint density at radius 3 is 2.07 bits per heavy atom. The first kappa shape index (κ1) is 24.1. The molecule has 0 aromatic heterocycles. The maximum atomic E-state index is 13.0. The van der Waals surface area contributed by atoms with Gasteiger partial charge >= 0.3 is 0 Å². The van der Waals surface area contributed by atoms with Crippen molar-refractivity contribution in [2.45, 2.75) is 84.5 Å². The van der Waals surface area contributed by atoms with Gasteiger partial charge in [0.2, 0.25) is 0 Å². The van der Waals surface area contributed by atoms with Crippen LogP contribution in [0.1, 0.15) is 83.3 Å². The van der Waals surface area contributed by atoms with E-state index in [0.717, 1.165) is 43.5 Å². The molecule has 1 aliphatic heterocycles. The highest BCUT2D eigenvalue weighted by Gasteiger charge is 2.19. The van der Waals surface area contributed by atoms with Crippen molar-refractivity contribution in [1.29, 1.82) is 0 Å². The lowest BCUT2D eigenvalue weighted by molar-refractivity contribution is -0.0217. The molecular weight excluding hydrogens is 363 g/mol. The Morgan fingerprint density at radius 2 is 1.45 bits per heavy atom. The molecule has 0 N–H and O–H groups in total.